The van der Waals surface area contributed by atoms with Crippen LogP contribution in [0.3, 0.4) is 0 Å². The maximum Gasteiger partial charge on any atom is 0.142 e. The largest absolute Gasteiger partial charge is 0.310 e. The predicted octanol–water partition coefficient (Wildman–Crippen LogP) is 3.32. The fourth-order valence-corrected chi connectivity index (χ4v) is 2.89. The van der Waals surface area contributed by atoms with Crippen molar-refractivity contribution < 1.29 is 4.39 Å². The van der Waals surface area contributed by atoms with E-state index >= 15 is 0 Å². The minimum absolute atomic E-state index is 0.279. The molecule has 5 heteroatoms. The predicted molar refractivity (Wildman–Crippen MR) is 72.1 cm³/mol. The first-order valence-corrected chi connectivity index (χ1v) is 6.76. The molecule has 2 heterocycles. The van der Waals surface area contributed by atoms with E-state index in [9.17, 15) is 4.39 Å². The van der Waals surface area contributed by atoms with Crippen molar-refractivity contribution >= 4 is 11.3 Å². The minimum Gasteiger partial charge on any atom is -0.310 e. The second kappa shape index (κ2) is 5.54. The van der Waals surface area contributed by atoms with E-state index in [1.165, 1.54) is 17.1 Å². The Bertz CT molecular complexity index is 522. The summed E-state index contributed by atoms with van der Waals surface area (Å²) < 4.78 is 12.8. The topological polar surface area (TPSA) is 37.8 Å². The van der Waals surface area contributed by atoms with Crippen molar-refractivity contribution in [1.29, 1.82) is 0 Å². The van der Waals surface area contributed by atoms with Gasteiger partial charge in [-0.05, 0) is 32.5 Å². The molecule has 2 aromatic heterocycles. The second-order valence-corrected chi connectivity index (χ2v) is 5.14. The zero-order valence-electron chi connectivity index (χ0n) is 10.7. The van der Waals surface area contributed by atoms with Gasteiger partial charge in [-0.1, -0.05) is 6.92 Å². The third-order valence-electron chi connectivity index (χ3n) is 2.68. The molecule has 0 fully saturated rings. The molecule has 2 rings (SSSR count). The number of thiazole rings is 1. The highest BCUT2D eigenvalue weighted by Gasteiger charge is 2.15. The molecule has 0 saturated carbocycles. The van der Waals surface area contributed by atoms with Gasteiger partial charge in [-0.25, -0.2) is 9.37 Å². The van der Waals surface area contributed by atoms with E-state index in [4.69, 9.17) is 0 Å². The number of hydrogen-bond acceptors (Lipinski definition) is 4. The molecule has 0 aliphatic rings. The van der Waals surface area contributed by atoms with E-state index in [2.05, 4.69) is 29.1 Å². The highest BCUT2D eigenvalue weighted by Crippen LogP contribution is 2.30. The minimum atomic E-state index is -0.326. The number of aryl methyl sites for hydroxylation is 1. The van der Waals surface area contributed by atoms with Crippen LogP contribution in [0.1, 0.15) is 30.5 Å². The number of nitrogens with zero attached hydrogens (tertiary/aromatic N) is 2. The fraction of sp³-hybridized carbons (Fsp3) is 0.385. The van der Waals surface area contributed by atoms with Gasteiger partial charge in [0.15, 0.2) is 0 Å². The molecule has 0 amide bonds. The maximum atomic E-state index is 12.8. The summed E-state index contributed by atoms with van der Waals surface area (Å²) in [5.74, 6) is -0.326. The molecule has 1 atom stereocenters. The van der Waals surface area contributed by atoms with Crippen molar-refractivity contribution in [2.24, 2.45) is 0 Å². The number of hydrogen-bond donors (Lipinski definition) is 1. The summed E-state index contributed by atoms with van der Waals surface area (Å²) >= 11 is 1.61. The molecule has 0 radical (unpaired) electrons. The van der Waals surface area contributed by atoms with Crippen molar-refractivity contribution in [3.8, 4) is 10.7 Å². The van der Waals surface area contributed by atoms with E-state index in [0.29, 0.717) is 0 Å². The van der Waals surface area contributed by atoms with Gasteiger partial charge in [0.2, 0.25) is 0 Å². The van der Waals surface area contributed by atoms with Crippen molar-refractivity contribution in [2.45, 2.75) is 26.8 Å². The lowest BCUT2D eigenvalue weighted by Crippen LogP contribution is -2.17. The first-order valence-electron chi connectivity index (χ1n) is 5.94. The molecule has 0 saturated heterocycles. The second-order valence-electron chi connectivity index (χ2n) is 4.11. The Balaban J connectivity index is 2.30. The van der Waals surface area contributed by atoms with Crippen molar-refractivity contribution in [3.63, 3.8) is 0 Å². The Hall–Kier alpha value is -1.33. The average molecular weight is 265 g/mol. The lowest BCUT2D eigenvalue weighted by molar-refractivity contribution is 0.603. The summed E-state index contributed by atoms with van der Waals surface area (Å²) in [5, 5.41) is 4.21. The van der Waals surface area contributed by atoms with Crippen LogP contribution in [0.15, 0.2) is 18.3 Å². The highest BCUT2D eigenvalue weighted by atomic mass is 32.1. The Labute approximate surface area is 110 Å². The molecule has 1 N–H and O–H groups in total. The fourth-order valence-electron chi connectivity index (χ4n) is 1.82. The maximum absolute atomic E-state index is 12.8. The van der Waals surface area contributed by atoms with Gasteiger partial charge in [0.25, 0.3) is 0 Å². The standard InChI is InChI=1S/C13H16FN3S/c1-4-15-8(2)12-9(3)17-13(18-12)11-6-5-10(14)7-16-11/h5-8,15H,4H2,1-3H3. The van der Waals surface area contributed by atoms with Crippen LogP contribution in [-0.2, 0) is 0 Å². The zero-order valence-corrected chi connectivity index (χ0v) is 11.5. The molecule has 3 nitrogen and oxygen atoms in total. The molecular formula is C13H16FN3S. The van der Waals surface area contributed by atoms with Crippen molar-refractivity contribution in [1.82, 2.24) is 15.3 Å². The van der Waals surface area contributed by atoms with E-state index < -0.39 is 0 Å². The number of rotatable bonds is 4. The molecule has 96 valence electrons. The molecule has 0 aliphatic heterocycles. The van der Waals surface area contributed by atoms with Gasteiger partial charge in [0.1, 0.15) is 10.8 Å². The lowest BCUT2D eigenvalue weighted by atomic mass is 10.2. The van der Waals surface area contributed by atoms with Crippen molar-refractivity contribution in [2.75, 3.05) is 6.54 Å². The SMILES string of the molecule is CCNC(C)c1sc(-c2ccc(F)cn2)nc1C. The van der Waals surface area contributed by atoms with E-state index in [1.54, 1.807) is 17.4 Å². The third-order valence-corrected chi connectivity index (χ3v) is 4.05. The molecule has 18 heavy (non-hydrogen) atoms. The van der Waals surface area contributed by atoms with Gasteiger partial charge in [-0.15, -0.1) is 11.3 Å². The number of nitrogens with one attached hydrogen (secondary N) is 1. The molecule has 0 aliphatic carbocycles. The van der Waals surface area contributed by atoms with Crippen LogP contribution in [-0.4, -0.2) is 16.5 Å². The van der Waals surface area contributed by atoms with Crippen LogP contribution in [0.25, 0.3) is 10.7 Å². The Morgan fingerprint density at radius 3 is 2.83 bits per heavy atom. The number of aromatic nitrogens is 2. The summed E-state index contributed by atoms with van der Waals surface area (Å²) in [6, 6.07) is 3.35. The van der Waals surface area contributed by atoms with Crippen molar-refractivity contribution in [3.05, 3.63) is 34.7 Å². The summed E-state index contributed by atoms with van der Waals surface area (Å²) in [6.45, 7) is 7.11. The van der Waals surface area contributed by atoms with Crippen LogP contribution in [0.4, 0.5) is 4.39 Å². The summed E-state index contributed by atoms with van der Waals surface area (Å²) in [6.07, 6.45) is 1.22. The first kappa shape index (κ1) is 13.1. The normalized spacial score (nSPS) is 12.7. The van der Waals surface area contributed by atoms with E-state index in [1.807, 2.05) is 6.92 Å². The van der Waals surface area contributed by atoms with E-state index in [-0.39, 0.29) is 11.9 Å². The molecule has 0 bridgehead atoms. The monoisotopic (exact) mass is 265 g/mol. The van der Waals surface area contributed by atoms with Gasteiger partial charge in [0.05, 0.1) is 17.6 Å². The van der Waals surface area contributed by atoms with Gasteiger partial charge < -0.3 is 5.32 Å². The molecule has 0 spiro atoms. The number of pyridine rings is 1. The Kier molecular flexibility index (Phi) is 4.04. The summed E-state index contributed by atoms with van der Waals surface area (Å²) in [7, 11) is 0. The van der Waals surface area contributed by atoms with Crippen LogP contribution in [0.2, 0.25) is 0 Å². The first-order chi connectivity index (χ1) is 8.61. The van der Waals surface area contributed by atoms with Gasteiger partial charge in [-0.2, -0.15) is 0 Å². The Morgan fingerprint density at radius 1 is 1.44 bits per heavy atom. The third kappa shape index (κ3) is 2.73. The number of halogens is 1. The highest BCUT2D eigenvalue weighted by molar-refractivity contribution is 7.15. The smallest absolute Gasteiger partial charge is 0.142 e. The molecular weight excluding hydrogens is 249 g/mol. The summed E-state index contributed by atoms with van der Waals surface area (Å²) in [5.41, 5.74) is 1.73. The molecule has 1 unspecified atom stereocenters. The van der Waals surface area contributed by atoms with Crippen LogP contribution >= 0.6 is 11.3 Å². The van der Waals surface area contributed by atoms with Crippen LogP contribution < -0.4 is 5.32 Å². The van der Waals surface area contributed by atoms with Gasteiger partial charge >= 0.3 is 0 Å². The average Bonchev–Trinajstić information content (AvgIpc) is 2.72. The van der Waals surface area contributed by atoms with Gasteiger partial charge in [0, 0.05) is 10.9 Å². The zero-order chi connectivity index (χ0) is 13.1. The van der Waals surface area contributed by atoms with Crippen LogP contribution in [0, 0.1) is 12.7 Å². The van der Waals surface area contributed by atoms with E-state index in [0.717, 1.165) is 22.9 Å². The summed E-state index contributed by atoms with van der Waals surface area (Å²) in [4.78, 5) is 9.77. The van der Waals surface area contributed by atoms with Crippen LogP contribution in [0.5, 0.6) is 0 Å². The molecule has 2 aromatic rings. The quantitative estimate of drug-likeness (QED) is 0.921. The lowest BCUT2D eigenvalue weighted by Gasteiger charge is -2.09. The Morgan fingerprint density at radius 2 is 2.22 bits per heavy atom. The molecule has 0 aromatic carbocycles. The van der Waals surface area contributed by atoms with Gasteiger partial charge in [-0.3, -0.25) is 4.98 Å².